The Labute approximate surface area is 136 Å². The SMILES string of the molecule is Cn1c(-c2ccc(C(F)(F)F)cc2F)nc(/C=C(\N)C(F)(F)F)c1N. The van der Waals surface area contributed by atoms with Gasteiger partial charge in [-0.3, -0.25) is 0 Å². The summed E-state index contributed by atoms with van der Waals surface area (Å²) in [6.45, 7) is 0. The number of halogens is 7. The number of aromatic nitrogens is 2. The monoisotopic (exact) mass is 368 g/mol. The molecule has 1 heterocycles. The molecule has 0 bridgehead atoms. The lowest BCUT2D eigenvalue weighted by atomic mass is 10.1. The van der Waals surface area contributed by atoms with E-state index >= 15 is 0 Å². The second kappa shape index (κ2) is 5.97. The fraction of sp³-hybridized carbons (Fsp3) is 0.214. The smallest absolute Gasteiger partial charge is 0.395 e. The molecule has 0 aliphatic carbocycles. The van der Waals surface area contributed by atoms with E-state index in [4.69, 9.17) is 11.5 Å². The van der Waals surface area contributed by atoms with Crippen LogP contribution < -0.4 is 11.5 Å². The van der Waals surface area contributed by atoms with Crippen molar-refractivity contribution < 1.29 is 30.7 Å². The highest BCUT2D eigenvalue weighted by atomic mass is 19.4. The van der Waals surface area contributed by atoms with E-state index in [2.05, 4.69) is 4.98 Å². The average molecular weight is 368 g/mol. The molecule has 0 radical (unpaired) electrons. The Morgan fingerprint density at radius 1 is 1.16 bits per heavy atom. The highest BCUT2D eigenvalue weighted by Crippen LogP contribution is 2.34. The molecular weight excluding hydrogens is 357 g/mol. The van der Waals surface area contributed by atoms with Crippen LogP contribution in [0, 0.1) is 5.82 Å². The zero-order chi connectivity index (χ0) is 19.2. The number of imidazole rings is 1. The largest absolute Gasteiger partial charge is 0.430 e. The molecule has 4 nitrogen and oxygen atoms in total. The third kappa shape index (κ3) is 3.69. The van der Waals surface area contributed by atoms with Crippen LogP contribution in [0.3, 0.4) is 0 Å². The third-order valence-electron chi connectivity index (χ3n) is 3.32. The molecule has 1 aromatic heterocycles. The van der Waals surface area contributed by atoms with E-state index in [9.17, 15) is 30.7 Å². The molecule has 1 aromatic carbocycles. The van der Waals surface area contributed by atoms with Crippen molar-refractivity contribution in [1.82, 2.24) is 9.55 Å². The summed E-state index contributed by atoms with van der Waals surface area (Å²) in [5.74, 6) is -1.76. The Hall–Kier alpha value is -2.72. The molecular formula is C14H11F7N4. The van der Waals surface area contributed by atoms with Gasteiger partial charge in [-0.15, -0.1) is 0 Å². The van der Waals surface area contributed by atoms with Gasteiger partial charge in [-0.25, -0.2) is 9.37 Å². The Balaban J connectivity index is 2.54. The van der Waals surface area contributed by atoms with E-state index in [0.29, 0.717) is 12.1 Å². The van der Waals surface area contributed by atoms with E-state index in [0.717, 1.165) is 10.6 Å². The number of nitrogens with two attached hydrogens (primary N) is 2. The quantitative estimate of drug-likeness (QED) is 0.795. The zero-order valence-corrected chi connectivity index (χ0v) is 12.5. The van der Waals surface area contributed by atoms with Gasteiger partial charge in [0.25, 0.3) is 0 Å². The second-order valence-electron chi connectivity index (χ2n) is 5.05. The Bertz CT molecular complexity index is 831. The van der Waals surface area contributed by atoms with Crippen LogP contribution in [0.2, 0.25) is 0 Å². The topological polar surface area (TPSA) is 69.9 Å². The maximum absolute atomic E-state index is 14.0. The van der Waals surface area contributed by atoms with Gasteiger partial charge in [-0.1, -0.05) is 0 Å². The van der Waals surface area contributed by atoms with E-state index in [1.807, 2.05) is 0 Å². The molecule has 136 valence electrons. The molecule has 0 atom stereocenters. The van der Waals surface area contributed by atoms with Crippen LogP contribution >= 0.6 is 0 Å². The van der Waals surface area contributed by atoms with Crippen molar-refractivity contribution in [2.45, 2.75) is 12.4 Å². The van der Waals surface area contributed by atoms with E-state index in [-0.39, 0.29) is 29.0 Å². The number of nitrogens with zero attached hydrogens (tertiary/aromatic N) is 2. The van der Waals surface area contributed by atoms with Crippen LogP contribution in [-0.2, 0) is 13.2 Å². The van der Waals surface area contributed by atoms with Crippen LogP contribution in [-0.4, -0.2) is 15.7 Å². The minimum absolute atomic E-state index is 0.245. The van der Waals surface area contributed by atoms with Crippen molar-refractivity contribution in [3.05, 3.63) is 41.0 Å². The summed E-state index contributed by atoms with van der Waals surface area (Å²) in [7, 11) is 1.27. The minimum Gasteiger partial charge on any atom is -0.395 e. The lowest BCUT2D eigenvalue weighted by molar-refractivity contribution is -0.137. The number of alkyl halides is 6. The maximum Gasteiger partial charge on any atom is 0.430 e. The summed E-state index contributed by atoms with van der Waals surface area (Å²) in [6, 6.07) is 1.71. The minimum atomic E-state index is -4.82. The fourth-order valence-electron chi connectivity index (χ4n) is 1.98. The fourth-order valence-corrected chi connectivity index (χ4v) is 1.98. The van der Waals surface area contributed by atoms with Gasteiger partial charge in [0.1, 0.15) is 28.9 Å². The molecule has 2 aromatic rings. The molecule has 4 N–H and O–H groups in total. The van der Waals surface area contributed by atoms with Gasteiger partial charge in [0.05, 0.1) is 11.1 Å². The van der Waals surface area contributed by atoms with E-state index in [1.54, 1.807) is 0 Å². The summed E-state index contributed by atoms with van der Waals surface area (Å²) in [5.41, 5.74) is 7.07. The molecule has 0 aliphatic rings. The maximum atomic E-state index is 14.0. The Kier molecular flexibility index (Phi) is 4.45. The Morgan fingerprint density at radius 2 is 1.76 bits per heavy atom. The predicted molar refractivity (Wildman–Crippen MR) is 76.2 cm³/mol. The lowest BCUT2D eigenvalue weighted by Crippen LogP contribution is -2.19. The van der Waals surface area contributed by atoms with Gasteiger partial charge >= 0.3 is 12.4 Å². The van der Waals surface area contributed by atoms with Crippen LogP contribution in [0.1, 0.15) is 11.3 Å². The molecule has 0 fully saturated rings. The molecule has 0 saturated carbocycles. The molecule has 0 unspecified atom stereocenters. The first kappa shape index (κ1) is 18.6. The number of nitrogen functional groups attached to an aromatic ring is 1. The number of rotatable bonds is 2. The van der Waals surface area contributed by atoms with Gasteiger partial charge in [0.2, 0.25) is 0 Å². The summed E-state index contributed by atoms with van der Waals surface area (Å²) in [4.78, 5) is 3.75. The summed E-state index contributed by atoms with van der Waals surface area (Å²) in [5, 5.41) is 0. The van der Waals surface area contributed by atoms with Crippen molar-refractivity contribution in [1.29, 1.82) is 0 Å². The van der Waals surface area contributed by atoms with Gasteiger partial charge < -0.3 is 16.0 Å². The number of hydrogen-bond acceptors (Lipinski definition) is 3. The van der Waals surface area contributed by atoms with Crippen LogP contribution in [0.25, 0.3) is 17.5 Å². The zero-order valence-electron chi connectivity index (χ0n) is 12.5. The van der Waals surface area contributed by atoms with Crippen molar-refractivity contribution >= 4 is 11.9 Å². The summed E-state index contributed by atoms with van der Waals surface area (Å²) >= 11 is 0. The molecule has 0 aliphatic heterocycles. The standard InChI is InChI=1S/C14H11F7N4/c1-25-11(23)9(5-10(22)14(19,20)21)24-12(25)7-3-2-6(4-8(7)15)13(16,17)18/h2-5H,22-23H2,1H3/b10-5-. The summed E-state index contributed by atoms with van der Waals surface area (Å²) in [6.07, 6.45) is -9.10. The van der Waals surface area contributed by atoms with Crippen LogP contribution in [0.5, 0.6) is 0 Å². The van der Waals surface area contributed by atoms with E-state index in [1.165, 1.54) is 7.05 Å². The van der Waals surface area contributed by atoms with Crippen molar-refractivity contribution in [3.63, 3.8) is 0 Å². The molecule has 0 spiro atoms. The number of anilines is 1. The molecule has 0 saturated heterocycles. The predicted octanol–water partition coefficient (Wildman–Crippen LogP) is 3.69. The van der Waals surface area contributed by atoms with Crippen LogP contribution in [0.15, 0.2) is 23.9 Å². The van der Waals surface area contributed by atoms with Gasteiger partial charge in [0, 0.05) is 7.05 Å². The van der Waals surface area contributed by atoms with E-state index < -0.39 is 29.4 Å². The number of hydrogen-bond donors (Lipinski definition) is 2. The lowest BCUT2D eigenvalue weighted by Gasteiger charge is -2.09. The normalized spacial score (nSPS) is 13.4. The first-order valence-electron chi connectivity index (χ1n) is 6.56. The average Bonchev–Trinajstić information content (AvgIpc) is 2.73. The van der Waals surface area contributed by atoms with Gasteiger partial charge in [0.15, 0.2) is 0 Å². The molecule has 2 rings (SSSR count). The Morgan fingerprint density at radius 3 is 2.24 bits per heavy atom. The first-order valence-corrected chi connectivity index (χ1v) is 6.56. The highest BCUT2D eigenvalue weighted by molar-refractivity contribution is 5.68. The van der Waals surface area contributed by atoms with Crippen molar-refractivity contribution in [2.24, 2.45) is 12.8 Å². The third-order valence-corrected chi connectivity index (χ3v) is 3.32. The number of allylic oxidation sites excluding steroid dienone is 1. The molecule has 25 heavy (non-hydrogen) atoms. The number of benzene rings is 1. The van der Waals surface area contributed by atoms with Crippen LogP contribution in [0.4, 0.5) is 36.6 Å². The second-order valence-corrected chi connectivity index (χ2v) is 5.05. The molecule has 0 amide bonds. The van der Waals surface area contributed by atoms with Gasteiger partial charge in [-0.2, -0.15) is 26.3 Å². The summed E-state index contributed by atoms with van der Waals surface area (Å²) < 4.78 is 90.2. The molecule has 11 heteroatoms. The van der Waals surface area contributed by atoms with Gasteiger partial charge in [-0.05, 0) is 24.3 Å². The highest BCUT2D eigenvalue weighted by Gasteiger charge is 2.33. The van der Waals surface area contributed by atoms with Crippen molar-refractivity contribution in [3.8, 4) is 11.4 Å². The van der Waals surface area contributed by atoms with Crippen molar-refractivity contribution in [2.75, 3.05) is 5.73 Å². The first-order chi connectivity index (χ1) is 11.3.